The number of likely N-dealkylation sites (N-methyl/N-ethyl adjacent to an activating group) is 1. The van der Waals surface area contributed by atoms with Gasteiger partial charge < -0.3 is 10.5 Å². The van der Waals surface area contributed by atoms with Gasteiger partial charge in [-0.15, -0.1) is 0 Å². The average Bonchev–Trinajstić information content (AvgIpc) is 2.45. The van der Waals surface area contributed by atoms with Crippen LogP contribution in [0.15, 0.2) is 24.3 Å². The molecule has 1 aromatic carbocycles. The van der Waals surface area contributed by atoms with E-state index in [1.165, 1.54) is 0 Å². The van der Waals surface area contributed by atoms with E-state index in [0.717, 1.165) is 37.6 Å². The molecule has 20 heavy (non-hydrogen) atoms. The zero-order chi connectivity index (χ0) is 14.5. The van der Waals surface area contributed by atoms with Crippen LogP contribution in [0.3, 0.4) is 0 Å². The molecule has 2 N–H and O–H groups in total. The van der Waals surface area contributed by atoms with Crippen molar-refractivity contribution in [2.24, 2.45) is 5.73 Å². The highest BCUT2D eigenvalue weighted by Gasteiger charge is 2.25. The van der Waals surface area contributed by atoms with Crippen molar-refractivity contribution in [2.45, 2.75) is 32.5 Å². The zero-order valence-electron chi connectivity index (χ0n) is 12.9. The lowest BCUT2D eigenvalue weighted by Gasteiger charge is -2.42. The molecule has 0 saturated carbocycles. The summed E-state index contributed by atoms with van der Waals surface area (Å²) in [6.45, 7) is 9.02. The lowest BCUT2D eigenvalue weighted by Crippen LogP contribution is -2.55. The maximum atomic E-state index is 5.89. The van der Waals surface area contributed by atoms with Gasteiger partial charge >= 0.3 is 0 Å². The number of nitrogens with two attached hydrogens (primary N) is 1. The minimum Gasteiger partial charge on any atom is -0.492 e. The van der Waals surface area contributed by atoms with Gasteiger partial charge in [0.15, 0.2) is 0 Å². The van der Waals surface area contributed by atoms with Crippen molar-refractivity contribution in [1.29, 1.82) is 0 Å². The molecule has 0 aromatic heterocycles. The lowest BCUT2D eigenvalue weighted by atomic mass is 10.1. The van der Waals surface area contributed by atoms with E-state index in [9.17, 15) is 0 Å². The molecular weight excluding hydrogens is 250 g/mol. The van der Waals surface area contributed by atoms with Crippen LogP contribution < -0.4 is 10.5 Å². The Labute approximate surface area is 122 Å². The second-order valence-electron chi connectivity index (χ2n) is 5.78. The summed E-state index contributed by atoms with van der Waals surface area (Å²) in [5, 5.41) is 0. The van der Waals surface area contributed by atoms with Crippen LogP contribution >= 0.6 is 0 Å². The van der Waals surface area contributed by atoms with E-state index < -0.39 is 0 Å². The number of ether oxygens (including phenoxy) is 1. The first-order valence-corrected chi connectivity index (χ1v) is 7.47. The number of hydrogen-bond donors (Lipinski definition) is 1. The summed E-state index contributed by atoms with van der Waals surface area (Å²) in [5.41, 5.74) is 6.80. The number of hydrogen-bond acceptors (Lipinski definition) is 4. The quantitative estimate of drug-likeness (QED) is 0.886. The Kier molecular flexibility index (Phi) is 5.40. The SMILES string of the molecule is CC1CN(CCOc2ccccc2CN)CC(C)N1C. The molecule has 1 fully saturated rings. The van der Waals surface area contributed by atoms with E-state index in [-0.39, 0.29) is 0 Å². The molecule has 4 nitrogen and oxygen atoms in total. The van der Waals surface area contributed by atoms with Crippen molar-refractivity contribution in [3.8, 4) is 5.75 Å². The van der Waals surface area contributed by atoms with Crippen molar-refractivity contribution in [3.63, 3.8) is 0 Å². The minimum absolute atomic E-state index is 0.527. The Morgan fingerprint density at radius 3 is 2.50 bits per heavy atom. The van der Waals surface area contributed by atoms with E-state index in [0.29, 0.717) is 18.6 Å². The van der Waals surface area contributed by atoms with Gasteiger partial charge in [0, 0.05) is 43.8 Å². The van der Waals surface area contributed by atoms with Gasteiger partial charge in [-0.05, 0) is 27.0 Å². The van der Waals surface area contributed by atoms with Crippen LogP contribution in [0.2, 0.25) is 0 Å². The van der Waals surface area contributed by atoms with Gasteiger partial charge in [-0.25, -0.2) is 0 Å². The third kappa shape index (κ3) is 3.72. The van der Waals surface area contributed by atoms with Crippen LogP contribution in [0, 0.1) is 0 Å². The zero-order valence-corrected chi connectivity index (χ0v) is 12.9. The highest BCUT2D eigenvalue weighted by molar-refractivity contribution is 5.32. The van der Waals surface area contributed by atoms with E-state index in [1.807, 2.05) is 24.3 Å². The molecule has 1 aliphatic rings. The molecule has 1 heterocycles. The third-order valence-electron chi connectivity index (χ3n) is 4.29. The molecule has 0 aliphatic carbocycles. The number of nitrogens with zero attached hydrogens (tertiary/aromatic N) is 2. The molecule has 0 bridgehead atoms. The number of piperazine rings is 1. The largest absolute Gasteiger partial charge is 0.492 e. The fourth-order valence-corrected chi connectivity index (χ4v) is 2.79. The first kappa shape index (κ1) is 15.3. The third-order valence-corrected chi connectivity index (χ3v) is 4.29. The van der Waals surface area contributed by atoms with Gasteiger partial charge in [-0.1, -0.05) is 18.2 Å². The van der Waals surface area contributed by atoms with Gasteiger partial charge in [0.05, 0.1) is 0 Å². The molecular formula is C16H27N3O. The van der Waals surface area contributed by atoms with E-state index >= 15 is 0 Å². The Hall–Kier alpha value is -1.10. The molecule has 2 atom stereocenters. The second kappa shape index (κ2) is 7.07. The second-order valence-corrected chi connectivity index (χ2v) is 5.78. The van der Waals surface area contributed by atoms with Crippen LogP contribution in [-0.4, -0.2) is 55.2 Å². The summed E-state index contributed by atoms with van der Waals surface area (Å²) in [6.07, 6.45) is 0. The van der Waals surface area contributed by atoms with Gasteiger partial charge in [0.25, 0.3) is 0 Å². The summed E-state index contributed by atoms with van der Waals surface area (Å²) in [4.78, 5) is 4.93. The molecule has 1 saturated heterocycles. The molecule has 1 aliphatic heterocycles. The van der Waals surface area contributed by atoms with Crippen molar-refractivity contribution >= 4 is 0 Å². The van der Waals surface area contributed by atoms with Gasteiger partial charge in [0.1, 0.15) is 12.4 Å². The highest BCUT2D eigenvalue weighted by Crippen LogP contribution is 2.17. The Morgan fingerprint density at radius 1 is 1.20 bits per heavy atom. The molecule has 2 unspecified atom stereocenters. The predicted molar refractivity (Wildman–Crippen MR) is 83.0 cm³/mol. The van der Waals surface area contributed by atoms with Gasteiger partial charge in [-0.3, -0.25) is 9.80 Å². The van der Waals surface area contributed by atoms with E-state index in [2.05, 4.69) is 30.7 Å². The van der Waals surface area contributed by atoms with Gasteiger partial charge in [0.2, 0.25) is 0 Å². The highest BCUT2D eigenvalue weighted by atomic mass is 16.5. The molecule has 112 valence electrons. The summed E-state index contributed by atoms with van der Waals surface area (Å²) >= 11 is 0. The Balaban J connectivity index is 1.81. The maximum absolute atomic E-state index is 5.89. The van der Waals surface area contributed by atoms with E-state index in [1.54, 1.807) is 0 Å². The fraction of sp³-hybridized carbons (Fsp3) is 0.625. The first-order valence-electron chi connectivity index (χ1n) is 7.47. The standard InChI is InChI=1S/C16H27N3O/c1-13-11-19(12-14(2)18(13)3)8-9-20-16-7-5-4-6-15(16)10-17/h4-7,13-14H,8-12,17H2,1-3H3. The van der Waals surface area contributed by atoms with Crippen molar-refractivity contribution < 1.29 is 4.74 Å². The van der Waals surface area contributed by atoms with Crippen LogP contribution in [0.5, 0.6) is 5.75 Å². The van der Waals surface area contributed by atoms with Crippen LogP contribution in [-0.2, 0) is 6.54 Å². The Bertz CT molecular complexity index is 412. The summed E-state index contributed by atoms with van der Waals surface area (Å²) in [5.74, 6) is 0.922. The summed E-state index contributed by atoms with van der Waals surface area (Å²) in [7, 11) is 2.21. The smallest absolute Gasteiger partial charge is 0.123 e. The number of rotatable bonds is 5. The average molecular weight is 277 g/mol. The summed E-state index contributed by atoms with van der Waals surface area (Å²) in [6, 6.07) is 9.23. The minimum atomic E-state index is 0.527. The van der Waals surface area contributed by atoms with Crippen molar-refractivity contribution in [1.82, 2.24) is 9.80 Å². The van der Waals surface area contributed by atoms with Crippen LogP contribution in [0.4, 0.5) is 0 Å². The van der Waals surface area contributed by atoms with Crippen molar-refractivity contribution in [2.75, 3.05) is 33.3 Å². The number of para-hydroxylation sites is 1. The molecule has 0 amide bonds. The monoisotopic (exact) mass is 277 g/mol. The van der Waals surface area contributed by atoms with Crippen LogP contribution in [0.25, 0.3) is 0 Å². The lowest BCUT2D eigenvalue weighted by molar-refractivity contribution is 0.0521. The molecule has 1 aromatic rings. The molecule has 0 spiro atoms. The predicted octanol–water partition coefficient (Wildman–Crippen LogP) is 1.55. The topological polar surface area (TPSA) is 41.7 Å². The van der Waals surface area contributed by atoms with Crippen LogP contribution in [0.1, 0.15) is 19.4 Å². The molecule has 4 heteroatoms. The summed E-state index contributed by atoms with van der Waals surface area (Å²) < 4.78 is 5.89. The van der Waals surface area contributed by atoms with Gasteiger partial charge in [-0.2, -0.15) is 0 Å². The fourth-order valence-electron chi connectivity index (χ4n) is 2.79. The maximum Gasteiger partial charge on any atom is 0.123 e. The first-order chi connectivity index (χ1) is 9.61. The van der Waals surface area contributed by atoms with E-state index in [4.69, 9.17) is 10.5 Å². The van der Waals surface area contributed by atoms with Crippen molar-refractivity contribution in [3.05, 3.63) is 29.8 Å². The molecule has 2 rings (SSSR count). The molecule has 0 radical (unpaired) electrons. The number of benzene rings is 1. The Morgan fingerprint density at radius 2 is 1.85 bits per heavy atom. The normalized spacial score (nSPS) is 24.8.